The molecular weight excluding hydrogens is 428 g/mol. The van der Waals surface area contributed by atoms with Gasteiger partial charge in [-0.1, -0.05) is 58.9 Å². The van der Waals surface area contributed by atoms with Gasteiger partial charge in [0.25, 0.3) is 0 Å². The van der Waals surface area contributed by atoms with Crippen molar-refractivity contribution in [1.29, 1.82) is 0 Å². The fraction of sp³-hybridized carbons (Fsp3) is 0.500. The van der Waals surface area contributed by atoms with Crippen LogP contribution in [0.3, 0.4) is 0 Å². The summed E-state index contributed by atoms with van der Waals surface area (Å²) < 4.78 is 23.3. The number of para-hydroxylation sites is 1. The van der Waals surface area contributed by atoms with Crippen molar-refractivity contribution in [3.8, 4) is 11.5 Å². The van der Waals surface area contributed by atoms with Crippen LogP contribution in [0, 0.1) is 10.8 Å². The number of ether oxygens (including phenoxy) is 4. The Hall–Kier alpha value is -3.02. The van der Waals surface area contributed by atoms with Crippen molar-refractivity contribution < 1.29 is 18.9 Å². The van der Waals surface area contributed by atoms with Gasteiger partial charge in [0.05, 0.1) is 14.2 Å². The molecule has 0 aromatic heterocycles. The Bertz CT molecular complexity index is 1100. The minimum absolute atomic E-state index is 0.00279. The van der Waals surface area contributed by atoms with Crippen LogP contribution in [0.2, 0.25) is 0 Å². The lowest BCUT2D eigenvalue weighted by atomic mass is 9.84. The van der Waals surface area contributed by atoms with E-state index in [4.69, 9.17) is 28.9 Å². The zero-order valence-electron chi connectivity index (χ0n) is 21.3. The normalized spacial score (nSPS) is 20.3. The third kappa shape index (κ3) is 4.91. The topological polar surface area (TPSA) is 61.6 Å². The van der Waals surface area contributed by atoms with Crippen molar-refractivity contribution in [2.24, 2.45) is 20.8 Å². The van der Waals surface area contributed by atoms with Gasteiger partial charge in [-0.2, -0.15) is 0 Å². The van der Waals surface area contributed by atoms with Gasteiger partial charge in [0, 0.05) is 16.4 Å². The summed E-state index contributed by atoms with van der Waals surface area (Å²) >= 11 is 0. The zero-order chi connectivity index (χ0) is 24.5. The smallest absolute Gasteiger partial charge is 0.190 e. The first kappa shape index (κ1) is 24.1. The molecule has 6 heteroatoms. The number of aliphatic imine (C=N–C) groups is 2. The minimum atomic E-state index is -0.311. The molecule has 0 bridgehead atoms. The maximum absolute atomic E-state index is 6.12. The van der Waals surface area contributed by atoms with Crippen LogP contribution in [-0.2, 0) is 15.9 Å². The van der Waals surface area contributed by atoms with Gasteiger partial charge in [0.1, 0.15) is 36.8 Å². The minimum Gasteiger partial charge on any atom is -0.496 e. The Morgan fingerprint density at radius 3 is 2.15 bits per heavy atom. The number of nitrogens with zero attached hydrogens (tertiary/aromatic N) is 2. The second-order valence-electron chi connectivity index (χ2n) is 10.6. The van der Waals surface area contributed by atoms with E-state index in [9.17, 15) is 0 Å². The molecule has 0 saturated carbocycles. The van der Waals surface area contributed by atoms with E-state index in [2.05, 4.69) is 52.8 Å². The van der Waals surface area contributed by atoms with Crippen LogP contribution >= 0.6 is 0 Å². The third-order valence-corrected chi connectivity index (χ3v) is 6.34. The van der Waals surface area contributed by atoms with Gasteiger partial charge >= 0.3 is 0 Å². The largest absolute Gasteiger partial charge is 0.496 e. The van der Waals surface area contributed by atoms with Crippen molar-refractivity contribution in [1.82, 2.24) is 0 Å². The molecule has 34 heavy (non-hydrogen) atoms. The average molecular weight is 465 g/mol. The standard InChI is InChI=1S/C28H36N2O4/c1-27(2,3)25-29-21(16-33-25)18-12-13-23(31-6)19(14-18)15-28(4,5)26-30-22(17-34-26)20-10-8-9-11-24(20)32-7/h8-14,21-22H,15-17H2,1-7H3/t21-,22-/m1/s1. The van der Waals surface area contributed by atoms with Crippen LogP contribution < -0.4 is 9.47 Å². The summed E-state index contributed by atoms with van der Waals surface area (Å²) in [7, 11) is 3.40. The molecule has 2 aromatic carbocycles. The van der Waals surface area contributed by atoms with E-state index >= 15 is 0 Å². The third-order valence-electron chi connectivity index (χ3n) is 6.34. The van der Waals surface area contributed by atoms with E-state index in [-0.39, 0.29) is 22.9 Å². The van der Waals surface area contributed by atoms with Crippen molar-refractivity contribution in [2.45, 2.75) is 53.1 Å². The first-order valence-corrected chi connectivity index (χ1v) is 11.8. The van der Waals surface area contributed by atoms with Gasteiger partial charge in [-0.15, -0.1) is 0 Å². The number of rotatable bonds is 7. The van der Waals surface area contributed by atoms with E-state index in [1.807, 2.05) is 24.3 Å². The summed E-state index contributed by atoms with van der Waals surface area (Å²) in [5.74, 6) is 3.26. The lowest BCUT2D eigenvalue weighted by Crippen LogP contribution is -2.27. The molecule has 182 valence electrons. The highest BCUT2D eigenvalue weighted by Crippen LogP contribution is 2.38. The average Bonchev–Trinajstić information content (AvgIpc) is 3.49. The highest BCUT2D eigenvalue weighted by atomic mass is 16.5. The molecule has 2 atom stereocenters. The Morgan fingerprint density at radius 2 is 1.47 bits per heavy atom. The van der Waals surface area contributed by atoms with E-state index in [0.29, 0.717) is 13.2 Å². The maximum Gasteiger partial charge on any atom is 0.190 e. The quantitative estimate of drug-likeness (QED) is 0.507. The van der Waals surface area contributed by atoms with Crippen LogP contribution in [0.25, 0.3) is 0 Å². The van der Waals surface area contributed by atoms with Crippen LogP contribution in [0.5, 0.6) is 11.5 Å². The number of hydrogen-bond donors (Lipinski definition) is 0. The monoisotopic (exact) mass is 464 g/mol. The molecule has 4 rings (SSSR count). The molecule has 6 nitrogen and oxygen atoms in total. The van der Waals surface area contributed by atoms with Gasteiger partial charge in [-0.3, -0.25) is 0 Å². The molecule has 0 aliphatic carbocycles. The van der Waals surface area contributed by atoms with Crippen molar-refractivity contribution in [2.75, 3.05) is 27.4 Å². The van der Waals surface area contributed by atoms with Crippen LogP contribution in [0.4, 0.5) is 0 Å². The molecule has 2 aliphatic rings. The maximum atomic E-state index is 6.12. The van der Waals surface area contributed by atoms with Gasteiger partial charge < -0.3 is 18.9 Å². The van der Waals surface area contributed by atoms with Gasteiger partial charge in [-0.25, -0.2) is 9.98 Å². The second-order valence-corrected chi connectivity index (χ2v) is 10.6. The lowest BCUT2D eigenvalue weighted by molar-refractivity contribution is 0.273. The van der Waals surface area contributed by atoms with Gasteiger partial charge in [0.15, 0.2) is 11.8 Å². The molecule has 0 unspecified atom stereocenters. The highest BCUT2D eigenvalue weighted by Gasteiger charge is 2.35. The first-order chi connectivity index (χ1) is 16.1. The SMILES string of the molecule is COc1ccc([C@H]2COC(C(C)(C)C)=N2)cc1CC(C)(C)C1=N[C@@H](c2ccccc2OC)CO1. The number of hydrogen-bond acceptors (Lipinski definition) is 6. The Labute approximate surface area is 203 Å². The molecule has 2 aromatic rings. The second kappa shape index (κ2) is 9.32. The summed E-state index contributed by atoms with van der Waals surface area (Å²) in [5, 5.41) is 0. The van der Waals surface area contributed by atoms with E-state index in [1.165, 1.54) is 0 Å². The first-order valence-electron chi connectivity index (χ1n) is 11.8. The van der Waals surface area contributed by atoms with E-state index in [1.54, 1.807) is 14.2 Å². The Morgan fingerprint density at radius 1 is 0.824 bits per heavy atom. The fourth-order valence-corrected chi connectivity index (χ4v) is 4.50. The predicted octanol–water partition coefficient (Wildman–Crippen LogP) is 5.96. The predicted molar refractivity (Wildman–Crippen MR) is 135 cm³/mol. The highest BCUT2D eigenvalue weighted by molar-refractivity contribution is 5.84. The Balaban J connectivity index is 1.58. The molecule has 2 aliphatic heterocycles. The molecule has 0 spiro atoms. The van der Waals surface area contributed by atoms with Crippen LogP contribution in [0.1, 0.15) is 63.4 Å². The van der Waals surface area contributed by atoms with Crippen LogP contribution in [-0.4, -0.2) is 39.2 Å². The fourth-order valence-electron chi connectivity index (χ4n) is 4.50. The molecule has 0 amide bonds. The molecule has 0 saturated heterocycles. The summed E-state index contributed by atoms with van der Waals surface area (Å²) in [6.07, 6.45) is 0.727. The van der Waals surface area contributed by atoms with Gasteiger partial charge in [0.2, 0.25) is 0 Å². The van der Waals surface area contributed by atoms with Crippen molar-refractivity contribution in [3.05, 3.63) is 59.2 Å². The van der Waals surface area contributed by atoms with Crippen molar-refractivity contribution in [3.63, 3.8) is 0 Å². The molecular formula is C28H36N2O4. The number of benzene rings is 2. The molecule has 0 fully saturated rings. The summed E-state index contributed by atoms with van der Waals surface area (Å²) in [6, 6.07) is 14.2. The molecule has 0 N–H and O–H groups in total. The Kier molecular flexibility index (Phi) is 6.61. The lowest BCUT2D eigenvalue weighted by Gasteiger charge is -2.25. The molecule has 0 radical (unpaired) electrons. The molecule has 2 heterocycles. The van der Waals surface area contributed by atoms with Crippen LogP contribution in [0.15, 0.2) is 52.4 Å². The van der Waals surface area contributed by atoms with Gasteiger partial charge in [-0.05, 0) is 35.7 Å². The zero-order valence-corrected chi connectivity index (χ0v) is 21.3. The summed E-state index contributed by atoms with van der Waals surface area (Å²) in [6.45, 7) is 11.8. The van der Waals surface area contributed by atoms with E-state index < -0.39 is 0 Å². The van der Waals surface area contributed by atoms with Crippen molar-refractivity contribution >= 4 is 11.8 Å². The number of methoxy groups -OCH3 is 2. The summed E-state index contributed by atoms with van der Waals surface area (Å²) in [5.41, 5.74) is 2.88. The summed E-state index contributed by atoms with van der Waals surface area (Å²) in [4.78, 5) is 9.81. The van der Waals surface area contributed by atoms with E-state index in [0.717, 1.165) is 46.4 Å².